The number of halogens is 3. The van der Waals surface area contributed by atoms with Crippen molar-refractivity contribution < 1.29 is 32.2 Å². The molecule has 1 unspecified atom stereocenters. The monoisotopic (exact) mass is 325 g/mol. The van der Waals surface area contributed by atoms with Gasteiger partial charge in [0.2, 0.25) is 12.9 Å². The Bertz CT molecular complexity index is 718. The van der Waals surface area contributed by atoms with Crippen LogP contribution in [-0.4, -0.2) is 23.9 Å². The molecule has 0 fully saturated rings. The zero-order chi connectivity index (χ0) is 16.4. The zero-order valence-electron chi connectivity index (χ0n) is 11.5. The highest BCUT2D eigenvalue weighted by Gasteiger charge is 2.44. The van der Waals surface area contributed by atoms with Crippen LogP contribution in [0.5, 0.6) is 11.5 Å². The maximum absolute atomic E-state index is 13.2. The molecule has 0 spiro atoms. The Morgan fingerprint density at radius 3 is 2.70 bits per heavy atom. The van der Waals surface area contributed by atoms with Gasteiger partial charge >= 0.3 is 12.1 Å². The number of pyridine rings is 1. The van der Waals surface area contributed by atoms with Gasteiger partial charge in [0.25, 0.3) is 0 Å². The normalized spacial score (nSPS) is 14.4. The molecule has 1 aromatic carbocycles. The molecule has 0 bridgehead atoms. The molecule has 0 amide bonds. The van der Waals surface area contributed by atoms with Gasteiger partial charge in [-0.1, -0.05) is 6.07 Å². The van der Waals surface area contributed by atoms with Crippen molar-refractivity contribution in [1.82, 2.24) is 4.98 Å². The van der Waals surface area contributed by atoms with E-state index in [-0.39, 0.29) is 23.7 Å². The Morgan fingerprint density at radius 1 is 1.22 bits per heavy atom. The van der Waals surface area contributed by atoms with E-state index in [1.165, 1.54) is 36.5 Å². The molecule has 0 saturated heterocycles. The number of alkyl halides is 3. The van der Waals surface area contributed by atoms with Crippen molar-refractivity contribution in [3.63, 3.8) is 0 Å². The van der Waals surface area contributed by atoms with E-state index in [1.54, 1.807) is 0 Å². The third kappa shape index (κ3) is 3.20. The predicted octanol–water partition coefficient (Wildman–Crippen LogP) is 3.27. The van der Waals surface area contributed by atoms with Crippen LogP contribution in [0.3, 0.4) is 0 Å². The smallest absolute Gasteiger partial charge is 0.429 e. The number of hydrogen-bond donors (Lipinski definition) is 0. The average molecular weight is 325 g/mol. The SMILES string of the molecule is O=C(OC(c1cccnc1)C(F)(F)F)c1ccc2c(c1)OCO2. The zero-order valence-corrected chi connectivity index (χ0v) is 11.5. The van der Waals surface area contributed by atoms with E-state index < -0.39 is 18.2 Å². The summed E-state index contributed by atoms with van der Waals surface area (Å²) in [5, 5.41) is 0. The van der Waals surface area contributed by atoms with Gasteiger partial charge in [0.05, 0.1) is 5.56 Å². The summed E-state index contributed by atoms with van der Waals surface area (Å²) >= 11 is 0. The predicted molar refractivity (Wildman–Crippen MR) is 71.0 cm³/mol. The van der Waals surface area contributed by atoms with E-state index in [9.17, 15) is 18.0 Å². The molecule has 3 rings (SSSR count). The highest BCUT2D eigenvalue weighted by atomic mass is 19.4. The van der Waals surface area contributed by atoms with E-state index >= 15 is 0 Å². The third-order valence-electron chi connectivity index (χ3n) is 3.12. The number of ether oxygens (including phenoxy) is 3. The number of nitrogens with zero attached hydrogens (tertiary/aromatic N) is 1. The lowest BCUT2D eigenvalue weighted by molar-refractivity contribution is -0.207. The van der Waals surface area contributed by atoms with E-state index in [0.717, 1.165) is 6.20 Å². The lowest BCUT2D eigenvalue weighted by atomic mass is 10.1. The molecule has 5 nitrogen and oxygen atoms in total. The number of aromatic nitrogens is 1. The van der Waals surface area contributed by atoms with E-state index in [1.807, 2.05) is 0 Å². The number of esters is 1. The Morgan fingerprint density at radius 2 is 2.00 bits per heavy atom. The topological polar surface area (TPSA) is 57.7 Å². The van der Waals surface area contributed by atoms with Gasteiger partial charge in [-0.2, -0.15) is 13.2 Å². The largest absolute Gasteiger partial charge is 0.454 e. The minimum atomic E-state index is -4.75. The van der Waals surface area contributed by atoms with Gasteiger partial charge in [-0.05, 0) is 24.3 Å². The van der Waals surface area contributed by atoms with Crippen molar-refractivity contribution in [3.05, 3.63) is 53.9 Å². The van der Waals surface area contributed by atoms with Crippen molar-refractivity contribution in [3.8, 4) is 11.5 Å². The molecule has 1 aliphatic heterocycles. The Kier molecular flexibility index (Phi) is 3.81. The van der Waals surface area contributed by atoms with Crippen LogP contribution in [0.1, 0.15) is 22.0 Å². The minimum Gasteiger partial charge on any atom is -0.454 e. The Labute approximate surface area is 128 Å². The first-order chi connectivity index (χ1) is 10.9. The number of rotatable bonds is 3. The van der Waals surface area contributed by atoms with Gasteiger partial charge in [0, 0.05) is 18.0 Å². The van der Waals surface area contributed by atoms with Gasteiger partial charge in [0.1, 0.15) is 0 Å². The minimum absolute atomic E-state index is 0.00526. The summed E-state index contributed by atoms with van der Waals surface area (Å²) in [4.78, 5) is 15.7. The van der Waals surface area contributed by atoms with Gasteiger partial charge in [-0.3, -0.25) is 4.98 Å². The third-order valence-corrected chi connectivity index (χ3v) is 3.12. The second-order valence-corrected chi connectivity index (χ2v) is 4.68. The van der Waals surface area contributed by atoms with Crippen LogP contribution in [0.4, 0.5) is 13.2 Å². The molecule has 2 aromatic rings. The van der Waals surface area contributed by atoms with E-state index in [4.69, 9.17) is 9.47 Å². The standard InChI is InChI=1S/C15H10F3NO4/c16-15(17,18)13(10-2-1-5-19-7-10)23-14(20)9-3-4-11-12(6-9)22-8-21-11/h1-7,13H,8H2. The first-order valence-electron chi connectivity index (χ1n) is 6.52. The summed E-state index contributed by atoms with van der Waals surface area (Å²) in [6.45, 7) is -0.00526. The lowest BCUT2D eigenvalue weighted by Crippen LogP contribution is -2.26. The Balaban J connectivity index is 1.84. The molecular weight excluding hydrogens is 315 g/mol. The van der Waals surface area contributed by atoms with Crippen molar-refractivity contribution >= 4 is 5.97 Å². The number of hydrogen-bond acceptors (Lipinski definition) is 5. The van der Waals surface area contributed by atoms with Crippen molar-refractivity contribution in [2.45, 2.75) is 12.3 Å². The summed E-state index contributed by atoms with van der Waals surface area (Å²) in [5.41, 5.74) is -0.318. The molecular formula is C15H10F3NO4. The fourth-order valence-corrected chi connectivity index (χ4v) is 2.05. The summed E-state index contributed by atoms with van der Waals surface area (Å²) in [6, 6.07) is 6.56. The van der Waals surface area contributed by atoms with Crippen LogP contribution in [0.2, 0.25) is 0 Å². The van der Waals surface area contributed by atoms with Gasteiger partial charge in [-0.15, -0.1) is 0 Å². The molecule has 0 saturated carbocycles. The average Bonchev–Trinajstić information content (AvgIpc) is 2.99. The molecule has 2 heterocycles. The molecule has 0 aliphatic carbocycles. The van der Waals surface area contributed by atoms with Gasteiger partial charge in [0.15, 0.2) is 11.5 Å². The Hall–Kier alpha value is -2.77. The molecule has 1 aliphatic rings. The quantitative estimate of drug-likeness (QED) is 0.811. The number of carbonyl (C=O) groups excluding carboxylic acids is 1. The van der Waals surface area contributed by atoms with Crippen LogP contribution >= 0.6 is 0 Å². The van der Waals surface area contributed by atoms with Crippen molar-refractivity contribution in [1.29, 1.82) is 0 Å². The summed E-state index contributed by atoms with van der Waals surface area (Å²) < 4.78 is 54.3. The highest BCUT2D eigenvalue weighted by Crippen LogP contribution is 2.37. The van der Waals surface area contributed by atoms with Crippen LogP contribution in [0.25, 0.3) is 0 Å². The number of carbonyl (C=O) groups is 1. The fraction of sp³-hybridized carbons (Fsp3) is 0.200. The first kappa shape index (κ1) is 15.1. The molecule has 8 heteroatoms. The van der Waals surface area contributed by atoms with Gasteiger partial charge < -0.3 is 14.2 Å². The second-order valence-electron chi connectivity index (χ2n) is 4.68. The molecule has 1 atom stereocenters. The maximum Gasteiger partial charge on any atom is 0.429 e. The first-order valence-corrected chi connectivity index (χ1v) is 6.52. The van der Waals surface area contributed by atoms with Crippen LogP contribution in [0.15, 0.2) is 42.7 Å². The van der Waals surface area contributed by atoms with Crippen LogP contribution in [-0.2, 0) is 4.74 Å². The molecule has 120 valence electrons. The summed E-state index contributed by atoms with van der Waals surface area (Å²) in [5.74, 6) is -0.417. The van der Waals surface area contributed by atoms with E-state index in [2.05, 4.69) is 9.72 Å². The number of fused-ring (bicyclic) bond motifs is 1. The van der Waals surface area contributed by atoms with Crippen LogP contribution in [0, 0.1) is 0 Å². The summed E-state index contributed by atoms with van der Waals surface area (Å²) in [7, 11) is 0. The molecule has 0 N–H and O–H groups in total. The van der Waals surface area contributed by atoms with E-state index in [0.29, 0.717) is 5.75 Å². The highest BCUT2D eigenvalue weighted by molar-refractivity contribution is 5.90. The molecule has 0 radical (unpaired) electrons. The second kappa shape index (κ2) is 5.79. The van der Waals surface area contributed by atoms with Crippen molar-refractivity contribution in [2.24, 2.45) is 0 Å². The summed E-state index contributed by atoms with van der Waals surface area (Å²) in [6.07, 6.45) is -4.81. The van der Waals surface area contributed by atoms with Crippen molar-refractivity contribution in [2.75, 3.05) is 6.79 Å². The molecule has 23 heavy (non-hydrogen) atoms. The fourth-order valence-electron chi connectivity index (χ4n) is 2.05. The van der Waals surface area contributed by atoms with Crippen LogP contribution < -0.4 is 9.47 Å². The lowest BCUT2D eigenvalue weighted by Gasteiger charge is -2.20. The van der Waals surface area contributed by atoms with Gasteiger partial charge in [-0.25, -0.2) is 4.79 Å². The molecule has 1 aromatic heterocycles. The maximum atomic E-state index is 13.2. The number of benzene rings is 1.